The summed E-state index contributed by atoms with van der Waals surface area (Å²) in [4.78, 5) is 14.1. The van der Waals surface area contributed by atoms with Crippen molar-refractivity contribution in [3.05, 3.63) is 29.8 Å². The van der Waals surface area contributed by atoms with Crippen molar-refractivity contribution in [1.82, 2.24) is 4.90 Å². The van der Waals surface area contributed by atoms with Crippen LogP contribution in [0.2, 0.25) is 0 Å². The fourth-order valence-electron chi connectivity index (χ4n) is 3.27. The maximum absolute atomic E-state index is 12.1. The predicted octanol–water partition coefficient (Wildman–Crippen LogP) is 2.99. The van der Waals surface area contributed by atoms with Gasteiger partial charge in [-0.25, -0.2) is 0 Å². The summed E-state index contributed by atoms with van der Waals surface area (Å²) in [5.41, 5.74) is 2.65. The topological polar surface area (TPSA) is 32.3 Å². The average Bonchev–Trinajstić information content (AvgIpc) is 2.99. The van der Waals surface area contributed by atoms with Gasteiger partial charge in [-0.2, -0.15) is 0 Å². The fraction of sp³-hybridized carbons (Fsp3) is 0.562. The first kappa shape index (κ1) is 12.5. The summed E-state index contributed by atoms with van der Waals surface area (Å²) in [6.07, 6.45) is 5.21. The van der Waals surface area contributed by atoms with E-state index in [0.29, 0.717) is 18.2 Å². The van der Waals surface area contributed by atoms with Crippen LogP contribution in [0.5, 0.6) is 0 Å². The molecule has 2 heterocycles. The van der Waals surface area contributed by atoms with E-state index in [2.05, 4.69) is 29.6 Å². The van der Waals surface area contributed by atoms with Gasteiger partial charge >= 0.3 is 0 Å². The number of amides is 1. The van der Waals surface area contributed by atoms with Crippen molar-refractivity contribution >= 4 is 11.6 Å². The Kier molecular flexibility index (Phi) is 3.72. The molecule has 0 aromatic heterocycles. The summed E-state index contributed by atoms with van der Waals surface area (Å²) in [6.45, 7) is 2.98. The molecule has 2 aliphatic heterocycles. The van der Waals surface area contributed by atoms with E-state index in [4.69, 9.17) is 0 Å². The molecule has 2 aliphatic rings. The third-order valence-corrected chi connectivity index (χ3v) is 4.37. The first-order valence-corrected chi connectivity index (χ1v) is 7.45. The average molecular weight is 258 g/mol. The second-order valence-corrected chi connectivity index (χ2v) is 5.63. The van der Waals surface area contributed by atoms with Crippen molar-refractivity contribution in [2.75, 3.05) is 25.0 Å². The lowest BCUT2D eigenvalue weighted by Gasteiger charge is -2.27. The van der Waals surface area contributed by atoms with Crippen molar-refractivity contribution in [2.45, 2.75) is 38.0 Å². The first-order chi connectivity index (χ1) is 9.34. The summed E-state index contributed by atoms with van der Waals surface area (Å²) in [7, 11) is 0. The number of carbonyl (C=O) groups excluding carboxylic acids is 1. The standard InChI is InChI=1S/C16H22N2O/c19-16(18-11-3-4-12-18)8-7-13-9-10-17-15-6-2-1-5-14(13)15/h1-2,5-6,13,17H,3-4,7-12H2/t13-/m1/s1. The number of hydrogen-bond donors (Lipinski definition) is 1. The Morgan fingerprint density at radius 2 is 2.05 bits per heavy atom. The third kappa shape index (κ3) is 2.75. The lowest BCUT2D eigenvalue weighted by atomic mass is 9.87. The maximum atomic E-state index is 12.1. The van der Waals surface area contributed by atoms with Crippen molar-refractivity contribution < 1.29 is 4.79 Å². The van der Waals surface area contributed by atoms with Crippen LogP contribution in [0.3, 0.4) is 0 Å². The highest BCUT2D eigenvalue weighted by Crippen LogP contribution is 2.34. The molecule has 1 N–H and O–H groups in total. The second kappa shape index (κ2) is 5.64. The number of anilines is 1. The van der Waals surface area contributed by atoms with Gasteiger partial charge in [-0.15, -0.1) is 0 Å². The van der Waals surface area contributed by atoms with Crippen LogP contribution in [-0.4, -0.2) is 30.4 Å². The number of nitrogens with zero attached hydrogens (tertiary/aromatic N) is 1. The minimum atomic E-state index is 0.355. The van der Waals surface area contributed by atoms with Gasteiger partial charge in [0.05, 0.1) is 0 Å². The van der Waals surface area contributed by atoms with Crippen molar-refractivity contribution in [3.8, 4) is 0 Å². The fourth-order valence-corrected chi connectivity index (χ4v) is 3.27. The van der Waals surface area contributed by atoms with E-state index in [0.717, 1.165) is 32.5 Å². The number of benzene rings is 1. The number of hydrogen-bond acceptors (Lipinski definition) is 2. The number of nitrogens with one attached hydrogen (secondary N) is 1. The van der Waals surface area contributed by atoms with Crippen LogP contribution in [0.15, 0.2) is 24.3 Å². The molecule has 102 valence electrons. The van der Waals surface area contributed by atoms with E-state index in [1.165, 1.54) is 24.1 Å². The zero-order valence-corrected chi connectivity index (χ0v) is 11.4. The Labute approximate surface area is 115 Å². The van der Waals surface area contributed by atoms with E-state index < -0.39 is 0 Å². The maximum Gasteiger partial charge on any atom is 0.222 e. The van der Waals surface area contributed by atoms with Gasteiger partial charge < -0.3 is 10.2 Å². The molecule has 1 atom stereocenters. The number of rotatable bonds is 3. The minimum Gasteiger partial charge on any atom is -0.385 e. The Morgan fingerprint density at radius 1 is 1.26 bits per heavy atom. The normalized spacial score (nSPS) is 21.9. The smallest absolute Gasteiger partial charge is 0.222 e. The highest BCUT2D eigenvalue weighted by molar-refractivity contribution is 5.76. The Hall–Kier alpha value is -1.51. The molecule has 1 aromatic rings. The Morgan fingerprint density at radius 3 is 2.89 bits per heavy atom. The predicted molar refractivity (Wildman–Crippen MR) is 77.3 cm³/mol. The molecule has 1 aromatic carbocycles. The van der Waals surface area contributed by atoms with Crippen LogP contribution >= 0.6 is 0 Å². The molecular weight excluding hydrogens is 236 g/mol. The van der Waals surface area contributed by atoms with Crippen LogP contribution in [0, 0.1) is 0 Å². The number of fused-ring (bicyclic) bond motifs is 1. The minimum absolute atomic E-state index is 0.355. The first-order valence-electron chi connectivity index (χ1n) is 7.45. The second-order valence-electron chi connectivity index (χ2n) is 5.63. The van der Waals surface area contributed by atoms with E-state index in [-0.39, 0.29) is 0 Å². The molecule has 0 bridgehead atoms. The molecule has 0 unspecified atom stereocenters. The van der Waals surface area contributed by atoms with E-state index >= 15 is 0 Å². The summed E-state index contributed by atoms with van der Waals surface area (Å²) in [5.74, 6) is 0.900. The Bertz CT molecular complexity index is 452. The van der Waals surface area contributed by atoms with E-state index in [1.54, 1.807) is 0 Å². The molecule has 0 radical (unpaired) electrons. The summed E-state index contributed by atoms with van der Waals surface area (Å²) in [5, 5.41) is 3.44. The monoisotopic (exact) mass is 258 g/mol. The largest absolute Gasteiger partial charge is 0.385 e. The van der Waals surface area contributed by atoms with Gasteiger partial charge in [-0.1, -0.05) is 18.2 Å². The van der Waals surface area contributed by atoms with Crippen LogP contribution in [0.4, 0.5) is 5.69 Å². The third-order valence-electron chi connectivity index (χ3n) is 4.37. The lowest BCUT2D eigenvalue weighted by Crippen LogP contribution is -2.28. The van der Waals surface area contributed by atoms with Gasteiger partial charge in [0.2, 0.25) is 5.91 Å². The van der Waals surface area contributed by atoms with Crippen LogP contribution in [0.25, 0.3) is 0 Å². The molecule has 3 nitrogen and oxygen atoms in total. The number of para-hydroxylation sites is 1. The van der Waals surface area contributed by atoms with Gasteiger partial charge in [0.25, 0.3) is 0 Å². The zero-order valence-electron chi connectivity index (χ0n) is 11.4. The van der Waals surface area contributed by atoms with Crippen molar-refractivity contribution in [1.29, 1.82) is 0 Å². The Balaban J connectivity index is 1.60. The highest BCUT2D eigenvalue weighted by atomic mass is 16.2. The zero-order chi connectivity index (χ0) is 13.1. The molecule has 1 fully saturated rings. The lowest BCUT2D eigenvalue weighted by molar-refractivity contribution is -0.130. The molecule has 1 saturated heterocycles. The molecule has 1 amide bonds. The molecule has 0 aliphatic carbocycles. The number of carbonyl (C=O) groups is 1. The molecule has 0 spiro atoms. The molecule has 3 rings (SSSR count). The highest BCUT2D eigenvalue weighted by Gasteiger charge is 2.22. The SMILES string of the molecule is O=C(CC[C@@H]1CCNc2ccccc21)N1CCCC1. The molecular formula is C16H22N2O. The molecule has 19 heavy (non-hydrogen) atoms. The summed E-state index contributed by atoms with van der Waals surface area (Å²) < 4.78 is 0. The molecule has 0 saturated carbocycles. The quantitative estimate of drug-likeness (QED) is 0.904. The van der Waals surface area contributed by atoms with Crippen LogP contribution in [-0.2, 0) is 4.79 Å². The van der Waals surface area contributed by atoms with Gasteiger partial charge in [0.1, 0.15) is 0 Å². The summed E-state index contributed by atoms with van der Waals surface area (Å²) in [6, 6.07) is 8.51. The van der Waals surface area contributed by atoms with Crippen molar-refractivity contribution in [2.24, 2.45) is 0 Å². The van der Waals surface area contributed by atoms with Crippen LogP contribution in [0.1, 0.15) is 43.6 Å². The molecule has 3 heteroatoms. The summed E-state index contributed by atoms with van der Waals surface area (Å²) >= 11 is 0. The van der Waals surface area contributed by atoms with Crippen molar-refractivity contribution in [3.63, 3.8) is 0 Å². The van der Waals surface area contributed by atoms with Crippen LogP contribution < -0.4 is 5.32 Å². The number of likely N-dealkylation sites (tertiary alicyclic amines) is 1. The van der Waals surface area contributed by atoms with Gasteiger partial charge in [0.15, 0.2) is 0 Å². The van der Waals surface area contributed by atoms with Gasteiger partial charge in [-0.05, 0) is 43.2 Å². The van der Waals surface area contributed by atoms with Gasteiger partial charge in [0, 0.05) is 31.7 Å². The van der Waals surface area contributed by atoms with E-state index in [1.807, 2.05) is 4.90 Å². The van der Waals surface area contributed by atoms with Gasteiger partial charge in [-0.3, -0.25) is 4.79 Å². The van der Waals surface area contributed by atoms with E-state index in [9.17, 15) is 4.79 Å².